The fourth-order valence-electron chi connectivity index (χ4n) is 1.95. The van der Waals surface area contributed by atoms with E-state index >= 15 is 0 Å². The minimum absolute atomic E-state index is 0.515. The number of nitrogens with zero attached hydrogens (tertiary/aromatic N) is 1. The van der Waals surface area contributed by atoms with Gasteiger partial charge >= 0.3 is 0 Å². The van der Waals surface area contributed by atoms with Crippen LogP contribution in [0.1, 0.15) is 71.1 Å². The van der Waals surface area contributed by atoms with E-state index in [2.05, 4.69) is 6.92 Å². The summed E-state index contributed by atoms with van der Waals surface area (Å²) in [6, 6.07) is 0. The van der Waals surface area contributed by atoms with Gasteiger partial charge < -0.3 is 10.6 Å². The summed E-state index contributed by atoms with van der Waals surface area (Å²) in [6.07, 6.45) is 13.7. The number of hydrogen-bond acceptors (Lipinski definition) is 1. The molecule has 0 radical (unpaired) electrons. The lowest BCUT2D eigenvalue weighted by Crippen LogP contribution is -2.32. The van der Waals surface area contributed by atoms with Crippen molar-refractivity contribution in [3.63, 3.8) is 0 Å². The van der Waals surface area contributed by atoms with Crippen LogP contribution in [-0.2, 0) is 0 Å². The molecule has 0 bridgehead atoms. The maximum absolute atomic E-state index is 5.51. The van der Waals surface area contributed by atoms with Crippen molar-refractivity contribution in [3.8, 4) is 0 Å². The first-order chi connectivity index (χ1) is 8.18. The highest BCUT2D eigenvalue weighted by Crippen LogP contribution is 2.10. The fraction of sp³-hybridized carbons (Fsp3) is 0.929. The average molecular weight is 258 g/mol. The summed E-state index contributed by atoms with van der Waals surface area (Å²) in [7, 11) is 1.97. The summed E-state index contributed by atoms with van der Waals surface area (Å²) in [5.41, 5.74) is 5.51. The molecule has 0 aliphatic rings. The Hall–Kier alpha value is -0.310. The van der Waals surface area contributed by atoms with Crippen molar-refractivity contribution in [1.29, 1.82) is 0 Å². The lowest BCUT2D eigenvalue weighted by molar-refractivity contribution is 0.466. The molecular weight excluding hydrogens is 228 g/mol. The standard InChI is InChI=1S/C14H30N2S/c1-3-4-5-6-7-8-9-10-11-12-13-16(2)14(15)17/h3-13H2,1-2H3,(H2,15,17). The van der Waals surface area contributed by atoms with Gasteiger partial charge in [-0.05, 0) is 18.6 Å². The van der Waals surface area contributed by atoms with E-state index in [0.29, 0.717) is 5.11 Å². The Morgan fingerprint density at radius 3 is 1.71 bits per heavy atom. The van der Waals surface area contributed by atoms with Gasteiger partial charge in [0.25, 0.3) is 0 Å². The third-order valence-corrected chi connectivity index (χ3v) is 3.53. The van der Waals surface area contributed by atoms with Gasteiger partial charge in [0.2, 0.25) is 0 Å². The van der Waals surface area contributed by atoms with Crippen LogP contribution in [0.25, 0.3) is 0 Å². The Bertz CT molecular complexity index is 183. The first kappa shape index (κ1) is 16.7. The van der Waals surface area contributed by atoms with E-state index in [1.165, 1.54) is 64.2 Å². The van der Waals surface area contributed by atoms with Gasteiger partial charge in [0.05, 0.1) is 0 Å². The molecule has 0 amide bonds. The molecule has 102 valence electrons. The highest BCUT2D eigenvalue weighted by atomic mass is 32.1. The van der Waals surface area contributed by atoms with Crippen molar-refractivity contribution >= 4 is 17.3 Å². The van der Waals surface area contributed by atoms with E-state index in [-0.39, 0.29) is 0 Å². The topological polar surface area (TPSA) is 29.3 Å². The number of unbranched alkanes of at least 4 members (excludes halogenated alkanes) is 9. The SMILES string of the molecule is CCCCCCCCCCCCN(C)C(N)=S. The van der Waals surface area contributed by atoms with E-state index in [1.54, 1.807) is 0 Å². The molecule has 2 N–H and O–H groups in total. The summed E-state index contributed by atoms with van der Waals surface area (Å²) in [5.74, 6) is 0. The predicted molar refractivity (Wildman–Crippen MR) is 81.3 cm³/mol. The van der Waals surface area contributed by atoms with Gasteiger partial charge in [0.15, 0.2) is 5.11 Å². The second-order valence-electron chi connectivity index (χ2n) is 4.94. The van der Waals surface area contributed by atoms with Gasteiger partial charge in [-0.3, -0.25) is 0 Å². The van der Waals surface area contributed by atoms with Crippen molar-refractivity contribution in [2.45, 2.75) is 71.1 Å². The highest BCUT2D eigenvalue weighted by molar-refractivity contribution is 7.80. The molecule has 0 aromatic rings. The summed E-state index contributed by atoms with van der Waals surface area (Å²) in [6.45, 7) is 3.27. The van der Waals surface area contributed by atoms with Crippen LogP contribution in [0.3, 0.4) is 0 Å². The van der Waals surface area contributed by atoms with Crippen LogP contribution in [0.15, 0.2) is 0 Å². The first-order valence-electron chi connectivity index (χ1n) is 7.19. The highest BCUT2D eigenvalue weighted by Gasteiger charge is 1.98. The van der Waals surface area contributed by atoms with Crippen LogP contribution in [0.5, 0.6) is 0 Å². The molecule has 0 heterocycles. The molecule has 0 rings (SSSR count). The molecule has 0 aliphatic carbocycles. The van der Waals surface area contributed by atoms with Gasteiger partial charge in [0, 0.05) is 13.6 Å². The quantitative estimate of drug-likeness (QED) is 0.447. The third kappa shape index (κ3) is 11.9. The van der Waals surface area contributed by atoms with Crippen LogP contribution >= 0.6 is 12.2 Å². The number of rotatable bonds is 11. The van der Waals surface area contributed by atoms with Gasteiger partial charge in [0.1, 0.15) is 0 Å². The Kier molecular flexibility index (Phi) is 11.9. The van der Waals surface area contributed by atoms with Crippen molar-refractivity contribution in [1.82, 2.24) is 4.90 Å². The zero-order valence-electron chi connectivity index (χ0n) is 11.7. The fourth-order valence-corrected chi connectivity index (χ4v) is 2.04. The van der Waals surface area contributed by atoms with Gasteiger partial charge in [-0.15, -0.1) is 0 Å². The zero-order chi connectivity index (χ0) is 12.9. The lowest BCUT2D eigenvalue weighted by Gasteiger charge is -2.16. The molecule has 0 aliphatic heterocycles. The summed E-state index contributed by atoms with van der Waals surface area (Å²) < 4.78 is 0. The minimum Gasteiger partial charge on any atom is -0.376 e. The molecule has 0 atom stereocenters. The lowest BCUT2D eigenvalue weighted by atomic mass is 10.1. The molecule has 0 unspecified atom stereocenters. The van der Waals surface area contributed by atoms with Crippen molar-refractivity contribution in [2.75, 3.05) is 13.6 Å². The summed E-state index contributed by atoms with van der Waals surface area (Å²) >= 11 is 4.89. The second kappa shape index (κ2) is 12.2. The maximum Gasteiger partial charge on any atom is 0.166 e. The van der Waals surface area contributed by atoms with E-state index in [9.17, 15) is 0 Å². The van der Waals surface area contributed by atoms with E-state index in [1.807, 2.05) is 11.9 Å². The number of nitrogens with two attached hydrogens (primary N) is 1. The normalized spacial score (nSPS) is 10.5. The molecular formula is C14H30N2S. The van der Waals surface area contributed by atoms with Gasteiger partial charge in [-0.25, -0.2) is 0 Å². The van der Waals surface area contributed by atoms with E-state index in [4.69, 9.17) is 18.0 Å². The molecule has 0 saturated heterocycles. The maximum atomic E-state index is 5.51. The second-order valence-corrected chi connectivity index (χ2v) is 5.36. The summed E-state index contributed by atoms with van der Waals surface area (Å²) in [4.78, 5) is 1.96. The molecule has 0 fully saturated rings. The van der Waals surface area contributed by atoms with Crippen LogP contribution in [0.2, 0.25) is 0 Å². The molecule has 0 spiro atoms. The predicted octanol–water partition coefficient (Wildman–Crippen LogP) is 4.08. The smallest absolute Gasteiger partial charge is 0.166 e. The molecule has 17 heavy (non-hydrogen) atoms. The molecule has 0 saturated carbocycles. The Labute approximate surface area is 113 Å². The van der Waals surface area contributed by atoms with Crippen molar-refractivity contribution in [2.24, 2.45) is 5.73 Å². The van der Waals surface area contributed by atoms with Crippen LogP contribution in [0, 0.1) is 0 Å². The zero-order valence-corrected chi connectivity index (χ0v) is 12.5. The molecule has 2 nitrogen and oxygen atoms in total. The van der Waals surface area contributed by atoms with Crippen molar-refractivity contribution in [3.05, 3.63) is 0 Å². The Morgan fingerprint density at radius 1 is 0.882 bits per heavy atom. The van der Waals surface area contributed by atoms with E-state index in [0.717, 1.165) is 6.54 Å². The first-order valence-corrected chi connectivity index (χ1v) is 7.60. The van der Waals surface area contributed by atoms with Gasteiger partial charge in [-0.1, -0.05) is 64.7 Å². The molecule has 0 aromatic heterocycles. The molecule has 0 aromatic carbocycles. The largest absolute Gasteiger partial charge is 0.376 e. The average Bonchev–Trinajstić information content (AvgIpc) is 2.31. The van der Waals surface area contributed by atoms with Crippen LogP contribution in [0.4, 0.5) is 0 Å². The van der Waals surface area contributed by atoms with Crippen LogP contribution < -0.4 is 5.73 Å². The molecule has 3 heteroatoms. The van der Waals surface area contributed by atoms with Crippen molar-refractivity contribution < 1.29 is 0 Å². The number of hydrogen-bond donors (Lipinski definition) is 1. The third-order valence-electron chi connectivity index (χ3n) is 3.22. The van der Waals surface area contributed by atoms with Gasteiger partial charge in [-0.2, -0.15) is 0 Å². The van der Waals surface area contributed by atoms with E-state index < -0.39 is 0 Å². The monoisotopic (exact) mass is 258 g/mol. The Morgan fingerprint density at radius 2 is 1.29 bits per heavy atom. The summed E-state index contributed by atoms with van der Waals surface area (Å²) in [5, 5.41) is 0.515. The number of thiocarbonyl (C=S) groups is 1. The minimum atomic E-state index is 0.515. The Balaban J connectivity index is 3.06. The van der Waals surface area contributed by atoms with Crippen LogP contribution in [-0.4, -0.2) is 23.6 Å².